The predicted molar refractivity (Wildman–Crippen MR) is 61.8 cm³/mol. The highest BCUT2D eigenvalue weighted by Crippen LogP contribution is 2.41. The molecule has 2 aliphatic rings. The van der Waals surface area contributed by atoms with Crippen LogP contribution in [0.1, 0.15) is 34.8 Å². The fraction of sp³-hybridized carbons (Fsp3) is 0.333. The molecular formula is C12H13N3O2. The molecule has 3 rings (SSSR count). The summed E-state index contributed by atoms with van der Waals surface area (Å²) in [5, 5.41) is 11.9. The number of hydrogen-bond acceptors (Lipinski definition) is 3. The molecule has 1 aromatic rings. The van der Waals surface area contributed by atoms with Crippen molar-refractivity contribution in [2.45, 2.75) is 24.9 Å². The molecular weight excluding hydrogens is 218 g/mol. The van der Waals surface area contributed by atoms with Gasteiger partial charge < -0.3 is 15.8 Å². The van der Waals surface area contributed by atoms with E-state index in [0.717, 1.165) is 18.4 Å². The van der Waals surface area contributed by atoms with E-state index >= 15 is 0 Å². The molecule has 0 radical (unpaired) electrons. The van der Waals surface area contributed by atoms with Gasteiger partial charge in [0.2, 0.25) is 0 Å². The van der Waals surface area contributed by atoms with Crippen molar-refractivity contribution >= 4 is 11.7 Å². The van der Waals surface area contributed by atoms with Crippen LogP contribution in [0.2, 0.25) is 0 Å². The van der Waals surface area contributed by atoms with Crippen LogP contribution >= 0.6 is 0 Å². The van der Waals surface area contributed by atoms with E-state index in [4.69, 9.17) is 10.9 Å². The first-order chi connectivity index (χ1) is 8.24. The number of amidine groups is 1. The van der Waals surface area contributed by atoms with Crippen LogP contribution in [0.15, 0.2) is 29.4 Å². The van der Waals surface area contributed by atoms with Gasteiger partial charge in [-0.15, -0.1) is 0 Å². The van der Waals surface area contributed by atoms with Gasteiger partial charge >= 0.3 is 0 Å². The van der Waals surface area contributed by atoms with Gasteiger partial charge in [0.25, 0.3) is 5.91 Å². The van der Waals surface area contributed by atoms with Gasteiger partial charge in [0, 0.05) is 11.6 Å². The molecule has 1 amide bonds. The molecule has 1 atom stereocenters. The Bertz CT molecular complexity index is 508. The summed E-state index contributed by atoms with van der Waals surface area (Å²) in [6.07, 6.45) is 1.99. The van der Waals surface area contributed by atoms with E-state index in [9.17, 15) is 4.79 Å². The van der Waals surface area contributed by atoms with E-state index in [2.05, 4.69) is 5.16 Å². The first kappa shape index (κ1) is 10.1. The molecule has 17 heavy (non-hydrogen) atoms. The zero-order chi connectivity index (χ0) is 12.0. The quantitative estimate of drug-likeness (QED) is 0.346. The van der Waals surface area contributed by atoms with Crippen molar-refractivity contribution in [1.29, 1.82) is 0 Å². The summed E-state index contributed by atoms with van der Waals surface area (Å²) in [5.74, 6) is 0.0647. The lowest BCUT2D eigenvalue weighted by molar-refractivity contribution is 0.0748. The number of benzene rings is 1. The van der Waals surface area contributed by atoms with E-state index < -0.39 is 6.04 Å². The number of rotatable bonds is 2. The third-order valence-electron chi connectivity index (χ3n) is 3.33. The van der Waals surface area contributed by atoms with Gasteiger partial charge in [-0.05, 0) is 24.5 Å². The Labute approximate surface area is 98.5 Å². The Balaban J connectivity index is 2.12. The Morgan fingerprint density at radius 1 is 1.41 bits per heavy atom. The fourth-order valence-corrected chi connectivity index (χ4v) is 2.42. The fourth-order valence-electron chi connectivity index (χ4n) is 2.42. The number of amides is 1. The van der Waals surface area contributed by atoms with Crippen LogP contribution in [0.4, 0.5) is 0 Å². The van der Waals surface area contributed by atoms with Gasteiger partial charge in [-0.25, -0.2) is 0 Å². The molecule has 0 aromatic heterocycles. The van der Waals surface area contributed by atoms with Gasteiger partial charge in [-0.3, -0.25) is 4.79 Å². The van der Waals surface area contributed by atoms with Gasteiger partial charge in [0.1, 0.15) is 6.04 Å². The molecule has 0 spiro atoms. The molecule has 1 fully saturated rings. The van der Waals surface area contributed by atoms with E-state index in [1.54, 1.807) is 11.0 Å². The van der Waals surface area contributed by atoms with E-state index in [-0.39, 0.29) is 17.8 Å². The Kier molecular flexibility index (Phi) is 2.07. The van der Waals surface area contributed by atoms with Crippen LogP contribution in [0.5, 0.6) is 0 Å². The zero-order valence-electron chi connectivity index (χ0n) is 9.21. The summed E-state index contributed by atoms with van der Waals surface area (Å²) in [6.45, 7) is 0. The van der Waals surface area contributed by atoms with Crippen LogP contribution in [0, 0.1) is 0 Å². The minimum absolute atomic E-state index is 0.0142. The van der Waals surface area contributed by atoms with Crippen LogP contribution in [0.3, 0.4) is 0 Å². The summed E-state index contributed by atoms with van der Waals surface area (Å²) in [7, 11) is 0. The van der Waals surface area contributed by atoms with Crippen molar-refractivity contribution in [2.75, 3.05) is 0 Å². The van der Waals surface area contributed by atoms with Crippen molar-refractivity contribution in [1.82, 2.24) is 4.90 Å². The first-order valence-electron chi connectivity index (χ1n) is 5.63. The Hall–Kier alpha value is -2.04. The second-order valence-corrected chi connectivity index (χ2v) is 4.46. The van der Waals surface area contributed by atoms with Crippen molar-refractivity contribution in [2.24, 2.45) is 10.9 Å². The van der Waals surface area contributed by atoms with Crippen molar-refractivity contribution in [3.63, 3.8) is 0 Å². The normalized spacial score (nSPS) is 24.0. The van der Waals surface area contributed by atoms with Crippen molar-refractivity contribution in [3.05, 3.63) is 35.4 Å². The SMILES string of the molecule is N/C(=N/O)[C@H]1c2ccccc2C(=O)N1C1CC1. The highest BCUT2D eigenvalue weighted by Gasteiger charge is 2.46. The van der Waals surface area contributed by atoms with E-state index in [1.807, 2.05) is 18.2 Å². The molecule has 88 valence electrons. The summed E-state index contributed by atoms with van der Waals surface area (Å²) in [5.41, 5.74) is 7.21. The molecule has 1 saturated carbocycles. The lowest BCUT2D eigenvalue weighted by Gasteiger charge is -2.23. The Morgan fingerprint density at radius 2 is 2.12 bits per heavy atom. The zero-order valence-corrected chi connectivity index (χ0v) is 9.21. The summed E-state index contributed by atoms with van der Waals surface area (Å²) in [6, 6.07) is 7.17. The van der Waals surface area contributed by atoms with Crippen molar-refractivity contribution in [3.8, 4) is 0 Å². The van der Waals surface area contributed by atoms with Gasteiger partial charge in [-0.1, -0.05) is 23.4 Å². The highest BCUT2D eigenvalue weighted by atomic mass is 16.4. The van der Waals surface area contributed by atoms with Gasteiger partial charge in [0.15, 0.2) is 5.84 Å². The lowest BCUT2D eigenvalue weighted by atomic mass is 10.0. The summed E-state index contributed by atoms with van der Waals surface area (Å²) < 4.78 is 0. The smallest absolute Gasteiger partial charge is 0.255 e. The van der Waals surface area contributed by atoms with Gasteiger partial charge in [0.05, 0.1) is 0 Å². The minimum Gasteiger partial charge on any atom is -0.409 e. The molecule has 0 bridgehead atoms. The number of nitrogens with zero attached hydrogens (tertiary/aromatic N) is 2. The predicted octanol–water partition coefficient (Wildman–Crippen LogP) is 1.09. The monoisotopic (exact) mass is 231 g/mol. The topological polar surface area (TPSA) is 78.9 Å². The minimum atomic E-state index is -0.406. The standard InChI is InChI=1S/C12H13N3O2/c13-11(14-17)10-8-3-1-2-4-9(8)12(16)15(10)7-5-6-7/h1-4,7,10,17H,5-6H2,(H2,13,14)/t10-/m1/s1. The van der Waals surface area contributed by atoms with Crippen LogP contribution < -0.4 is 5.73 Å². The molecule has 5 heteroatoms. The maximum absolute atomic E-state index is 12.2. The number of carbonyl (C=O) groups excluding carboxylic acids is 1. The molecule has 0 saturated heterocycles. The van der Waals surface area contributed by atoms with Crippen LogP contribution in [-0.2, 0) is 0 Å². The van der Waals surface area contributed by atoms with E-state index in [0.29, 0.717) is 5.56 Å². The number of carbonyl (C=O) groups is 1. The third-order valence-corrected chi connectivity index (χ3v) is 3.33. The maximum atomic E-state index is 12.2. The molecule has 1 aromatic carbocycles. The maximum Gasteiger partial charge on any atom is 0.255 e. The van der Waals surface area contributed by atoms with Crippen LogP contribution in [-0.4, -0.2) is 27.9 Å². The number of hydrogen-bond donors (Lipinski definition) is 2. The first-order valence-corrected chi connectivity index (χ1v) is 5.63. The van der Waals surface area contributed by atoms with Crippen LogP contribution in [0.25, 0.3) is 0 Å². The number of fused-ring (bicyclic) bond motifs is 1. The summed E-state index contributed by atoms with van der Waals surface area (Å²) in [4.78, 5) is 14.0. The molecule has 1 aliphatic carbocycles. The second-order valence-electron chi connectivity index (χ2n) is 4.46. The summed E-state index contributed by atoms with van der Waals surface area (Å²) >= 11 is 0. The molecule has 1 heterocycles. The molecule has 3 N–H and O–H groups in total. The molecule has 5 nitrogen and oxygen atoms in total. The number of oxime groups is 1. The number of nitrogens with two attached hydrogens (primary N) is 1. The van der Waals surface area contributed by atoms with Crippen molar-refractivity contribution < 1.29 is 10.0 Å². The largest absolute Gasteiger partial charge is 0.409 e. The molecule has 0 unspecified atom stereocenters. The third kappa shape index (κ3) is 1.39. The van der Waals surface area contributed by atoms with Gasteiger partial charge in [-0.2, -0.15) is 0 Å². The molecule has 1 aliphatic heterocycles. The second kappa shape index (κ2) is 3.48. The average Bonchev–Trinajstić information content (AvgIpc) is 3.15. The Morgan fingerprint density at radius 3 is 2.76 bits per heavy atom. The average molecular weight is 231 g/mol. The highest BCUT2D eigenvalue weighted by molar-refractivity contribution is 6.05. The lowest BCUT2D eigenvalue weighted by Crippen LogP contribution is -2.37. The van der Waals surface area contributed by atoms with E-state index in [1.165, 1.54) is 0 Å².